The number of aryl methyl sites for hydroxylation is 1. The average molecular weight is 502 g/mol. The van der Waals surface area contributed by atoms with E-state index in [1.165, 1.54) is 0 Å². The van der Waals surface area contributed by atoms with Gasteiger partial charge in [0.25, 0.3) is 11.8 Å². The number of rotatable bonds is 6. The van der Waals surface area contributed by atoms with Gasteiger partial charge in [-0.2, -0.15) is 0 Å². The number of hydrogen-bond donors (Lipinski definition) is 2. The van der Waals surface area contributed by atoms with Crippen LogP contribution in [0.2, 0.25) is 0 Å². The number of nitrogens with one attached hydrogen (secondary N) is 2. The molecule has 3 rings (SSSR count). The van der Waals surface area contributed by atoms with Gasteiger partial charge in [0.05, 0.1) is 12.5 Å². The smallest absolute Gasteiger partial charge is 0.311 e. The minimum atomic E-state index is -0.760. The molecule has 2 N–H and O–H groups in total. The number of ether oxygens (including phenoxy) is 1. The minimum Gasteiger partial charge on any atom is -0.455 e. The first-order valence-corrected chi connectivity index (χ1v) is 10.9. The molecular weight excluding hydrogens is 478 g/mol. The third kappa shape index (κ3) is 5.34. The van der Waals surface area contributed by atoms with Crippen molar-refractivity contribution in [2.24, 2.45) is 5.92 Å². The second-order valence-corrected chi connectivity index (χ2v) is 8.52. The van der Waals surface area contributed by atoms with Crippen LogP contribution in [0.15, 0.2) is 40.9 Å². The predicted molar refractivity (Wildman–Crippen MR) is 122 cm³/mol. The summed E-state index contributed by atoms with van der Waals surface area (Å²) >= 11 is 3.44. The molecule has 3 amide bonds. The summed E-state index contributed by atoms with van der Waals surface area (Å²) in [6.45, 7) is 5.13. The molecule has 0 spiro atoms. The second-order valence-electron chi connectivity index (χ2n) is 7.66. The summed E-state index contributed by atoms with van der Waals surface area (Å²) < 4.78 is 6.04. The van der Waals surface area contributed by atoms with E-state index >= 15 is 0 Å². The molecule has 1 aliphatic rings. The van der Waals surface area contributed by atoms with Gasteiger partial charge in [-0.1, -0.05) is 34.1 Å². The molecule has 32 heavy (non-hydrogen) atoms. The Hall–Kier alpha value is -3.20. The average Bonchev–Trinajstić information content (AvgIpc) is 3.13. The lowest BCUT2D eigenvalue weighted by atomic mass is 10.1. The zero-order valence-electron chi connectivity index (χ0n) is 18.0. The highest BCUT2D eigenvalue weighted by molar-refractivity contribution is 9.10. The first kappa shape index (κ1) is 23.5. The molecule has 1 atom stereocenters. The monoisotopic (exact) mass is 501 g/mol. The van der Waals surface area contributed by atoms with Crippen LogP contribution in [0.5, 0.6) is 0 Å². The number of anilines is 1. The summed E-state index contributed by atoms with van der Waals surface area (Å²) in [5.41, 5.74) is 6.29. The molecule has 1 aliphatic heterocycles. The van der Waals surface area contributed by atoms with Crippen molar-refractivity contribution in [1.29, 1.82) is 0 Å². The number of nitrogens with zero attached hydrogens (tertiary/aromatic N) is 1. The topological polar surface area (TPSA) is 105 Å². The van der Waals surface area contributed by atoms with Crippen LogP contribution < -0.4 is 10.7 Å². The van der Waals surface area contributed by atoms with Gasteiger partial charge in [-0.15, -0.1) is 0 Å². The number of esters is 1. The molecule has 0 bridgehead atoms. The minimum absolute atomic E-state index is 0.0120. The molecule has 0 aliphatic carbocycles. The van der Waals surface area contributed by atoms with Crippen LogP contribution in [0.25, 0.3) is 0 Å². The fraction of sp³-hybridized carbons (Fsp3) is 0.304. The van der Waals surface area contributed by atoms with Crippen molar-refractivity contribution in [2.45, 2.75) is 27.2 Å². The lowest BCUT2D eigenvalue weighted by Crippen LogP contribution is -2.43. The van der Waals surface area contributed by atoms with Crippen molar-refractivity contribution in [2.75, 3.05) is 18.5 Å². The Morgan fingerprint density at radius 2 is 1.81 bits per heavy atom. The molecule has 168 valence electrons. The number of hydrogen-bond acceptors (Lipinski definition) is 5. The highest BCUT2D eigenvalue weighted by Crippen LogP contribution is 2.26. The van der Waals surface area contributed by atoms with Gasteiger partial charge in [-0.05, 0) is 55.7 Å². The third-order valence-electron chi connectivity index (χ3n) is 5.43. The Morgan fingerprint density at radius 3 is 2.53 bits per heavy atom. The highest BCUT2D eigenvalue weighted by Gasteiger charge is 2.36. The van der Waals surface area contributed by atoms with Gasteiger partial charge >= 0.3 is 5.97 Å². The van der Waals surface area contributed by atoms with Gasteiger partial charge in [0.2, 0.25) is 5.91 Å². The van der Waals surface area contributed by atoms with Crippen LogP contribution in [0.3, 0.4) is 0 Å². The Labute approximate surface area is 194 Å². The summed E-state index contributed by atoms with van der Waals surface area (Å²) in [7, 11) is 0. The van der Waals surface area contributed by atoms with E-state index in [9.17, 15) is 19.2 Å². The molecule has 2 aromatic rings. The van der Waals surface area contributed by atoms with Gasteiger partial charge in [0.1, 0.15) is 0 Å². The lowest BCUT2D eigenvalue weighted by Gasteiger charge is -2.18. The molecule has 0 aromatic heterocycles. The Morgan fingerprint density at radius 1 is 1.09 bits per heavy atom. The van der Waals surface area contributed by atoms with Crippen molar-refractivity contribution in [1.82, 2.24) is 10.4 Å². The van der Waals surface area contributed by atoms with E-state index < -0.39 is 30.3 Å². The maximum Gasteiger partial charge on any atom is 0.311 e. The number of halogens is 1. The highest BCUT2D eigenvalue weighted by atomic mass is 79.9. The molecule has 0 unspecified atom stereocenters. The molecule has 0 saturated carbocycles. The van der Waals surface area contributed by atoms with Crippen LogP contribution in [0, 0.1) is 26.7 Å². The number of hydrazine groups is 1. The van der Waals surface area contributed by atoms with E-state index in [4.69, 9.17) is 4.74 Å². The van der Waals surface area contributed by atoms with Gasteiger partial charge in [-0.3, -0.25) is 29.6 Å². The molecule has 1 fully saturated rings. The number of carbonyl (C=O) groups excluding carboxylic acids is 4. The molecule has 9 heteroatoms. The fourth-order valence-electron chi connectivity index (χ4n) is 3.35. The maximum absolute atomic E-state index is 12.4. The van der Waals surface area contributed by atoms with Gasteiger partial charge < -0.3 is 10.1 Å². The van der Waals surface area contributed by atoms with Crippen LogP contribution in [0.4, 0.5) is 5.69 Å². The van der Waals surface area contributed by atoms with E-state index in [1.54, 1.807) is 31.2 Å². The predicted octanol–water partition coefficient (Wildman–Crippen LogP) is 3.05. The van der Waals surface area contributed by atoms with E-state index in [0.717, 1.165) is 26.2 Å². The molecule has 0 radical (unpaired) electrons. The first-order valence-electron chi connectivity index (χ1n) is 10.1. The third-order valence-corrected chi connectivity index (χ3v) is 6.28. The Bertz CT molecular complexity index is 1090. The molecular formula is C23H24BrN3O5. The van der Waals surface area contributed by atoms with Crippen LogP contribution in [-0.2, 0) is 19.1 Å². The van der Waals surface area contributed by atoms with Crippen LogP contribution >= 0.6 is 15.9 Å². The SMILES string of the molecule is Cc1ccccc1C(=O)NN1C[C@@H](C(=O)OCC(=O)Nc2ccc(Br)c(C)c2C)CC1=O. The second kappa shape index (κ2) is 9.95. The number of amides is 3. The van der Waals surface area contributed by atoms with Crippen LogP contribution in [-0.4, -0.2) is 41.9 Å². The zero-order chi connectivity index (χ0) is 23.4. The van der Waals surface area contributed by atoms with Gasteiger partial charge in [-0.25, -0.2) is 0 Å². The number of benzene rings is 2. The first-order chi connectivity index (χ1) is 15.2. The summed E-state index contributed by atoms with van der Waals surface area (Å²) in [4.78, 5) is 49.2. The fourth-order valence-corrected chi connectivity index (χ4v) is 3.78. The molecule has 8 nitrogen and oxygen atoms in total. The lowest BCUT2D eigenvalue weighted by molar-refractivity contribution is -0.151. The van der Waals surface area contributed by atoms with Crippen molar-refractivity contribution in [3.8, 4) is 0 Å². The van der Waals surface area contributed by atoms with Gasteiger partial charge in [0, 0.05) is 22.1 Å². The summed E-state index contributed by atoms with van der Waals surface area (Å²) in [6, 6.07) is 10.6. The van der Waals surface area contributed by atoms with E-state index in [-0.39, 0.29) is 18.9 Å². The van der Waals surface area contributed by atoms with E-state index in [1.807, 2.05) is 26.0 Å². The molecule has 2 aromatic carbocycles. The summed E-state index contributed by atoms with van der Waals surface area (Å²) in [5.74, 6) is -2.71. The zero-order valence-corrected chi connectivity index (χ0v) is 19.6. The van der Waals surface area contributed by atoms with Crippen molar-refractivity contribution < 1.29 is 23.9 Å². The van der Waals surface area contributed by atoms with Crippen molar-refractivity contribution in [3.05, 3.63) is 63.1 Å². The quantitative estimate of drug-likeness (QED) is 0.591. The normalized spacial score (nSPS) is 15.4. The standard InChI is InChI=1S/C23H24BrN3O5/c1-13-6-4-5-7-17(13)22(30)26-27-11-16(10-21(27)29)23(31)32-12-20(28)25-19-9-8-18(24)14(2)15(19)3/h4-9,16H,10-12H2,1-3H3,(H,25,28)(H,26,30)/t16-/m0/s1. The molecule has 1 heterocycles. The largest absolute Gasteiger partial charge is 0.455 e. The Kier molecular flexibility index (Phi) is 7.29. The van der Waals surface area contributed by atoms with Gasteiger partial charge in [0.15, 0.2) is 6.61 Å². The van der Waals surface area contributed by atoms with Crippen molar-refractivity contribution in [3.63, 3.8) is 0 Å². The van der Waals surface area contributed by atoms with Crippen molar-refractivity contribution >= 4 is 45.3 Å². The van der Waals surface area contributed by atoms with E-state index in [0.29, 0.717) is 11.3 Å². The van der Waals surface area contributed by atoms with E-state index in [2.05, 4.69) is 26.7 Å². The molecule has 1 saturated heterocycles. The Balaban J connectivity index is 1.51. The number of carbonyl (C=O) groups is 4. The maximum atomic E-state index is 12.4. The summed E-state index contributed by atoms with van der Waals surface area (Å²) in [5, 5.41) is 3.84. The summed E-state index contributed by atoms with van der Waals surface area (Å²) in [6.07, 6.45) is -0.0977. The van der Waals surface area contributed by atoms with Crippen LogP contribution in [0.1, 0.15) is 33.5 Å².